The second-order valence-corrected chi connectivity index (χ2v) is 5.70. The van der Waals surface area contributed by atoms with E-state index in [4.69, 9.17) is 0 Å². The van der Waals surface area contributed by atoms with Crippen LogP contribution < -0.4 is 4.90 Å². The topological polar surface area (TPSA) is 66.3 Å². The number of anilines is 1. The summed E-state index contributed by atoms with van der Waals surface area (Å²) in [4.78, 5) is 13.5. The molecule has 0 radical (unpaired) electrons. The standard InChI is InChI=1S/C15H15N3O2S/c1-21-13-8-12(15(19)20)14(17-16-13)18-7-6-10-4-2-3-5-11(10)9-18/h2-5,8H,6-7,9H2,1H3,(H,19,20). The number of rotatable bonds is 3. The van der Waals surface area contributed by atoms with Gasteiger partial charge < -0.3 is 10.0 Å². The zero-order chi connectivity index (χ0) is 14.8. The molecule has 2 heterocycles. The number of hydrogen-bond acceptors (Lipinski definition) is 5. The van der Waals surface area contributed by atoms with Gasteiger partial charge in [0.25, 0.3) is 0 Å². The van der Waals surface area contributed by atoms with Crippen LogP contribution in [0.2, 0.25) is 0 Å². The van der Waals surface area contributed by atoms with Crippen LogP contribution in [-0.2, 0) is 13.0 Å². The van der Waals surface area contributed by atoms with Gasteiger partial charge in [-0.25, -0.2) is 4.79 Å². The van der Waals surface area contributed by atoms with Gasteiger partial charge >= 0.3 is 5.97 Å². The predicted molar refractivity (Wildman–Crippen MR) is 82.0 cm³/mol. The maximum Gasteiger partial charge on any atom is 0.339 e. The van der Waals surface area contributed by atoms with Crippen molar-refractivity contribution in [1.29, 1.82) is 0 Å². The molecule has 1 aliphatic rings. The monoisotopic (exact) mass is 301 g/mol. The first-order valence-corrected chi connectivity index (χ1v) is 7.88. The van der Waals surface area contributed by atoms with Crippen molar-refractivity contribution in [2.45, 2.75) is 18.0 Å². The fourth-order valence-corrected chi connectivity index (χ4v) is 2.89. The van der Waals surface area contributed by atoms with Crippen LogP contribution in [0.1, 0.15) is 21.5 Å². The Labute approximate surface area is 127 Å². The minimum Gasteiger partial charge on any atom is -0.478 e. The third-order valence-electron chi connectivity index (χ3n) is 3.62. The van der Waals surface area contributed by atoms with Crippen molar-refractivity contribution in [2.24, 2.45) is 0 Å². The summed E-state index contributed by atoms with van der Waals surface area (Å²) in [6.45, 7) is 1.42. The van der Waals surface area contributed by atoms with E-state index in [1.54, 1.807) is 6.07 Å². The second kappa shape index (κ2) is 5.73. The van der Waals surface area contributed by atoms with Crippen LogP contribution >= 0.6 is 11.8 Å². The lowest BCUT2D eigenvalue weighted by Crippen LogP contribution is -2.32. The summed E-state index contributed by atoms with van der Waals surface area (Å²) in [5.74, 6) is -0.510. The first-order valence-electron chi connectivity index (χ1n) is 6.66. The van der Waals surface area contributed by atoms with Gasteiger partial charge in [0.15, 0.2) is 5.82 Å². The van der Waals surface area contributed by atoms with E-state index >= 15 is 0 Å². The van der Waals surface area contributed by atoms with Crippen molar-refractivity contribution in [1.82, 2.24) is 10.2 Å². The van der Waals surface area contributed by atoms with Crippen LogP contribution in [-0.4, -0.2) is 34.1 Å². The molecule has 0 atom stereocenters. The highest BCUT2D eigenvalue weighted by molar-refractivity contribution is 7.98. The Kier molecular flexibility index (Phi) is 3.79. The van der Waals surface area contributed by atoms with Gasteiger partial charge in [-0.1, -0.05) is 24.3 Å². The summed E-state index contributed by atoms with van der Waals surface area (Å²) in [7, 11) is 0. The van der Waals surface area contributed by atoms with Gasteiger partial charge in [0, 0.05) is 13.1 Å². The van der Waals surface area contributed by atoms with Crippen molar-refractivity contribution in [3.05, 3.63) is 47.0 Å². The molecule has 1 aromatic heterocycles. The highest BCUT2D eigenvalue weighted by Gasteiger charge is 2.23. The summed E-state index contributed by atoms with van der Waals surface area (Å²) >= 11 is 1.39. The maximum absolute atomic E-state index is 11.5. The molecule has 0 aliphatic carbocycles. The van der Waals surface area contributed by atoms with Gasteiger partial charge in [0.1, 0.15) is 10.6 Å². The second-order valence-electron chi connectivity index (χ2n) is 4.87. The third-order valence-corrected chi connectivity index (χ3v) is 4.24. The Morgan fingerprint density at radius 2 is 2.05 bits per heavy atom. The molecule has 21 heavy (non-hydrogen) atoms. The number of aromatic nitrogens is 2. The molecule has 1 aliphatic heterocycles. The maximum atomic E-state index is 11.5. The molecule has 1 aromatic carbocycles. The lowest BCUT2D eigenvalue weighted by atomic mass is 10.00. The zero-order valence-corrected chi connectivity index (χ0v) is 12.4. The van der Waals surface area contributed by atoms with Gasteiger partial charge in [-0.05, 0) is 29.9 Å². The van der Waals surface area contributed by atoms with Gasteiger partial charge in [-0.3, -0.25) is 0 Å². The molecule has 0 unspecified atom stereocenters. The molecule has 1 N–H and O–H groups in total. The van der Waals surface area contributed by atoms with Crippen molar-refractivity contribution >= 4 is 23.5 Å². The number of carboxylic acids is 1. The van der Waals surface area contributed by atoms with Crippen LogP contribution in [0.4, 0.5) is 5.82 Å². The van der Waals surface area contributed by atoms with Gasteiger partial charge in [-0.2, -0.15) is 0 Å². The number of carbonyl (C=O) groups is 1. The normalized spacial score (nSPS) is 13.9. The predicted octanol–water partition coefficient (Wildman–Crippen LogP) is 2.46. The lowest BCUT2D eigenvalue weighted by Gasteiger charge is -2.30. The summed E-state index contributed by atoms with van der Waals surface area (Å²) in [6.07, 6.45) is 2.74. The Morgan fingerprint density at radius 1 is 1.29 bits per heavy atom. The Morgan fingerprint density at radius 3 is 2.76 bits per heavy atom. The van der Waals surface area contributed by atoms with Crippen LogP contribution in [0.25, 0.3) is 0 Å². The molecule has 0 saturated heterocycles. The Hall–Kier alpha value is -2.08. The highest BCUT2D eigenvalue weighted by atomic mass is 32.2. The largest absolute Gasteiger partial charge is 0.478 e. The van der Waals surface area contributed by atoms with E-state index in [9.17, 15) is 9.90 Å². The van der Waals surface area contributed by atoms with Gasteiger partial charge in [0.05, 0.1) is 0 Å². The minimum atomic E-state index is -0.964. The molecular formula is C15H15N3O2S. The molecule has 108 valence electrons. The summed E-state index contributed by atoms with van der Waals surface area (Å²) in [5.41, 5.74) is 2.75. The fourth-order valence-electron chi connectivity index (χ4n) is 2.53. The number of aromatic carboxylic acids is 1. The lowest BCUT2D eigenvalue weighted by molar-refractivity contribution is 0.0696. The van der Waals surface area contributed by atoms with Gasteiger partial charge in [0.2, 0.25) is 0 Å². The molecule has 0 spiro atoms. The molecule has 3 rings (SSSR count). The van der Waals surface area contributed by atoms with Crippen molar-refractivity contribution < 1.29 is 9.90 Å². The Bertz CT molecular complexity index is 690. The third kappa shape index (κ3) is 2.71. The van der Waals surface area contributed by atoms with Crippen molar-refractivity contribution in [3.63, 3.8) is 0 Å². The summed E-state index contributed by atoms with van der Waals surface area (Å²) < 4.78 is 0. The zero-order valence-electron chi connectivity index (χ0n) is 11.6. The first-order chi connectivity index (χ1) is 10.2. The fraction of sp³-hybridized carbons (Fsp3) is 0.267. The number of carboxylic acid groups (broad SMARTS) is 1. The van der Waals surface area contributed by atoms with E-state index in [0.29, 0.717) is 17.4 Å². The molecule has 5 nitrogen and oxygen atoms in total. The van der Waals surface area contributed by atoms with Crippen LogP contribution in [0.3, 0.4) is 0 Å². The molecule has 0 bridgehead atoms. The summed E-state index contributed by atoms with van der Waals surface area (Å²) in [5, 5.41) is 18.2. The van der Waals surface area contributed by atoms with E-state index in [2.05, 4.69) is 22.3 Å². The van der Waals surface area contributed by atoms with E-state index in [1.807, 2.05) is 23.3 Å². The SMILES string of the molecule is CSc1cc(C(=O)O)c(N2CCc3ccccc3C2)nn1. The average molecular weight is 301 g/mol. The summed E-state index contributed by atoms with van der Waals surface area (Å²) in [6, 6.07) is 9.82. The molecule has 0 amide bonds. The first kappa shape index (κ1) is 13.9. The van der Waals surface area contributed by atoms with Crippen LogP contribution in [0, 0.1) is 0 Å². The molecule has 0 fully saturated rings. The highest BCUT2D eigenvalue weighted by Crippen LogP contribution is 2.26. The molecule has 0 saturated carbocycles. The molecule has 2 aromatic rings. The van der Waals surface area contributed by atoms with E-state index in [1.165, 1.54) is 22.9 Å². The smallest absolute Gasteiger partial charge is 0.339 e. The quantitative estimate of drug-likeness (QED) is 0.879. The van der Waals surface area contributed by atoms with Crippen molar-refractivity contribution in [3.8, 4) is 0 Å². The average Bonchev–Trinajstić information content (AvgIpc) is 2.53. The number of hydrogen-bond donors (Lipinski definition) is 1. The number of fused-ring (bicyclic) bond motifs is 1. The van der Waals surface area contributed by atoms with E-state index < -0.39 is 5.97 Å². The van der Waals surface area contributed by atoms with E-state index in [-0.39, 0.29) is 5.56 Å². The number of benzene rings is 1. The number of nitrogens with zero attached hydrogens (tertiary/aromatic N) is 3. The molecular weight excluding hydrogens is 286 g/mol. The van der Waals surface area contributed by atoms with Gasteiger partial charge in [-0.15, -0.1) is 22.0 Å². The van der Waals surface area contributed by atoms with Crippen LogP contribution in [0.15, 0.2) is 35.4 Å². The number of thioether (sulfide) groups is 1. The molecule has 6 heteroatoms. The Balaban J connectivity index is 1.96. The van der Waals surface area contributed by atoms with Crippen LogP contribution in [0.5, 0.6) is 0 Å². The van der Waals surface area contributed by atoms with Crippen molar-refractivity contribution in [2.75, 3.05) is 17.7 Å². The van der Waals surface area contributed by atoms with E-state index in [0.717, 1.165) is 13.0 Å². The minimum absolute atomic E-state index is 0.216.